The third kappa shape index (κ3) is 3.00. The maximum atomic E-state index is 12.6. The van der Waals surface area contributed by atoms with E-state index in [9.17, 15) is 9.59 Å². The molecule has 1 aliphatic heterocycles. The maximum Gasteiger partial charge on any atom is 0.307 e. The van der Waals surface area contributed by atoms with E-state index < -0.39 is 0 Å². The Kier molecular flexibility index (Phi) is 4.42. The highest BCUT2D eigenvalue weighted by Gasteiger charge is 2.30. The third-order valence-electron chi connectivity index (χ3n) is 3.74. The lowest BCUT2D eigenvalue weighted by Crippen LogP contribution is -2.45. The number of aryl methyl sites for hydroxylation is 2. The molecule has 1 aromatic heterocycles. The zero-order valence-corrected chi connectivity index (χ0v) is 12.3. The van der Waals surface area contributed by atoms with E-state index >= 15 is 0 Å². The highest BCUT2D eigenvalue weighted by molar-refractivity contribution is 5.93. The lowest BCUT2D eigenvalue weighted by molar-refractivity contribution is -0.142. The molecule has 1 aromatic rings. The normalized spacial score (nSPS) is 18.9. The summed E-state index contributed by atoms with van der Waals surface area (Å²) in [5.74, 6) is -0.322. The molecule has 2 rings (SSSR count). The van der Waals surface area contributed by atoms with E-state index in [1.165, 1.54) is 7.11 Å². The maximum absolute atomic E-state index is 12.6. The van der Waals surface area contributed by atoms with E-state index in [2.05, 4.69) is 5.10 Å². The van der Waals surface area contributed by atoms with Crippen LogP contribution in [0.2, 0.25) is 0 Å². The lowest BCUT2D eigenvalue weighted by Gasteiger charge is -2.35. The van der Waals surface area contributed by atoms with Crippen molar-refractivity contribution in [2.75, 3.05) is 13.7 Å². The predicted molar refractivity (Wildman–Crippen MR) is 73.3 cm³/mol. The average molecular weight is 279 g/mol. The van der Waals surface area contributed by atoms with Crippen molar-refractivity contribution >= 4 is 11.9 Å². The van der Waals surface area contributed by atoms with Crippen LogP contribution in [-0.4, -0.2) is 46.3 Å². The molecule has 6 nitrogen and oxygen atoms in total. The molecule has 0 spiro atoms. The number of piperidine rings is 1. The van der Waals surface area contributed by atoms with Gasteiger partial charge >= 0.3 is 5.97 Å². The van der Waals surface area contributed by atoms with Crippen LogP contribution in [0.5, 0.6) is 0 Å². The van der Waals surface area contributed by atoms with Gasteiger partial charge in [-0.2, -0.15) is 5.10 Å². The van der Waals surface area contributed by atoms with E-state index in [-0.39, 0.29) is 24.3 Å². The summed E-state index contributed by atoms with van der Waals surface area (Å²) in [6, 6.07) is 1.71. The summed E-state index contributed by atoms with van der Waals surface area (Å²) in [6.07, 6.45) is 3.12. The van der Waals surface area contributed by atoms with E-state index in [1.807, 2.05) is 6.92 Å². The molecule has 0 N–H and O–H groups in total. The Morgan fingerprint density at radius 2 is 2.20 bits per heavy atom. The van der Waals surface area contributed by atoms with E-state index in [1.54, 1.807) is 22.7 Å². The first-order chi connectivity index (χ1) is 9.52. The summed E-state index contributed by atoms with van der Waals surface area (Å²) >= 11 is 0. The molecule has 0 aliphatic carbocycles. The largest absolute Gasteiger partial charge is 0.469 e. The lowest BCUT2D eigenvalue weighted by atomic mass is 9.99. The smallest absolute Gasteiger partial charge is 0.307 e. The molecule has 1 fully saturated rings. The summed E-state index contributed by atoms with van der Waals surface area (Å²) in [4.78, 5) is 25.9. The summed E-state index contributed by atoms with van der Waals surface area (Å²) < 4.78 is 6.32. The van der Waals surface area contributed by atoms with Gasteiger partial charge < -0.3 is 9.64 Å². The first kappa shape index (κ1) is 14.6. The molecule has 110 valence electrons. The number of hydrogen-bond acceptors (Lipinski definition) is 4. The zero-order chi connectivity index (χ0) is 14.7. The van der Waals surface area contributed by atoms with Gasteiger partial charge in [-0.3, -0.25) is 14.3 Å². The molecule has 2 heterocycles. The van der Waals surface area contributed by atoms with Crippen LogP contribution >= 0.6 is 0 Å². The fourth-order valence-electron chi connectivity index (χ4n) is 2.71. The second-order valence-corrected chi connectivity index (χ2v) is 5.22. The van der Waals surface area contributed by atoms with Crippen molar-refractivity contribution < 1.29 is 14.3 Å². The van der Waals surface area contributed by atoms with Gasteiger partial charge in [0.05, 0.1) is 19.2 Å². The van der Waals surface area contributed by atoms with Crippen LogP contribution in [0.4, 0.5) is 0 Å². The zero-order valence-electron chi connectivity index (χ0n) is 12.3. The number of carbonyl (C=O) groups excluding carboxylic acids is 2. The van der Waals surface area contributed by atoms with Crippen LogP contribution in [0.3, 0.4) is 0 Å². The number of rotatable bonds is 3. The first-order valence-electron chi connectivity index (χ1n) is 6.91. The standard InChI is InChI=1S/C14H21N3O3/c1-10-8-12(16(2)15-10)14(19)17-7-5-4-6-11(17)9-13(18)20-3/h8,11H,4-7,9H2,1-3H3. The van der Waals surface area contributed by atoms with E-state index in [0.717, 1.165) is 25.0 Å². The molecule has 1 aliphatic rings. The van der Waals surface area contributed by atoms with Crippen molar-refractivity contribution in [3.63, 3.8) is 0 Å². The number of esters is 1. The summed E-state index contributed by atoms with van der Waals surface area (Å²) in [5.41, 5.74) is 1.39. The Morgan fingerprint density at radius 1 is 1.45 bits per heavy atom. The molecule has 1 unspecified atom stereocenters. The van der Waals surface area contributed by atoms with Crippen molar-refractivity contribution in [2.45, 2.75) is 38.6 Å². The van der Waals surface area contributed by atoms with Crippen LogP contribution < -0.4 is 0 Å². The summed E-state index contributed by atoms with van der Waals surface area (Å²) in [7, 11) is 3.14. The number of carbonyl (C=O) groups is 2. The van der Waals surface area contributed by atoms with Crippen LogP contribution in [0, 0.1) is 6.92 Å². The highest BCUT2D eigenvalue weighted by Crippen LogP contribution is 2.22. The quantitative estimate of drug-likeness (QED) is 0.782. The van der Waals surface area contributed by atoms with Gasteiger partial charge in [-0.05, 0) is 32.3 Å². The Balaban J connectivity index is 2.17. The fraction of sp³-hybridized carbons (Fsp3) is 0.643. The Hall–Kier alpha value is -1.85. The molecule has 6 heteroatoms. The Bertz CT molecular complexity index is 510. The van der Waals surface area contributed by atoms with Gasteiger partial charge in [-0.25, -0.2) is 0 Å². The van der Waals surface area contributed by atoms with Crippen molar-refractivity contribution in [1.82, 2.24) is 14.7 Å². The minimum Gasteiger partial charge on any atom is -0.469 e. The Labute approximate surface area is 118 Å². The number of aromatic nitrogens is 2. The van der Waals surface area contributed by atoms with Crippen molar-refractivity contribution in [3.05, 3.63) is 17.5 Å². The molecule has 0 bridgehead atoms. The van der Waals surface area contributed by atoms with Gasteiger partial charge in [0.1, 0.15) is 5.69 Å². The van der Waals surface area contributed by atoms with E-state index in [0.29, 0.717) is 12.2 Å². The molecular weight excluding hydrogens is 258 g/mol. The molecular formula is C14H21N3O3. The van der Waals surface area contributed by atoms with Crippen LogP contribution in [-0.2, 0) is 16.6 Å². The fourth-order valence-corrected chi connectivity index (χ4v) is 2.71. The van der Waals surface area contributed by atoms with Gasteiger partial charge in [0, 0.05) is 19.6 Å². The van der Waals surface area contributed by atoms with Gasteiger partial charge in [0.2, 0.25) is 0 Å². The van der Waals surface area contributed by atoms with Crippen molar-refractivity contribution in [1.29, 1.82) is 0 Å². The average Bonchev–Trinajstić information content (AvgIpc) is 2.77. The minimum absolute atomic E-state index is 0.0540. The Morgan fingerprint density at radius 3 is 2.80 bits per heavy atom. The second-order valence-electron chi connectivity index (χ2n) is 5.22. The highest BCUT2D eigenvalue weighted by atomic mass is 16.5. The molecule has 0 aromatic carbocycles. The molecule has 20 heavy (non-hydrogen) atoms. The topological polar surface area (TPSA) is 64.4 Å². The number of methoxy groups -OCH3 is 1. The van der Waals surface area contributed by atoms with E-state index in [4.69, 9.17) is 4.74 Å². The minimum atomic E-state index is -0.268. The molecule has 0 saturated carbocycles. The van der Waals surface area contributed by atoms with Crippen molar-refractivity contribution in [2.24, 2.45) is 7.05 Å². The first-order valence-corrected chi connectivity index (χ1v) is 6.91. The van der Waals surface area contributed by atoms with Crippen molar-refractivity contribution in [3.8, 4) is 0 Å². The van der Waals surface area contributed by atoms with Gasteiger partial charge in [-0.1, -0.05) is 0 Å². The third-order valence-corrected chi connectivity index (χ3v) is 3.74. The number of nitrogens with zero attached hydrogens (tertiary/aromatic N) is 3. The summed E-state index contributed by atoms with van der Waals surface area (Å²) in [5, 5.41) is 4.21. The molecule has 0 radical (unpaired) electrons. The van der Waals surface area contributed by atoms with Gasteiger partial charge in [0.25, 0.3) is 5.91 Å². The number of amides is 1. The van der Waals surface area contributed by atoms with Gasteiger partial charge in [0.15, 0.2) is 0 Å². The number of hydrogen-bond donors (Lipinski definition) is 0. The predicted octanol–water partition coefficient (Wildman–Crippen LogP) is 1.29. The molecule has 1 saturated heterocycles. The monoisotopic (exact) mass is 279 g/mol. The summed E-state index contributed by atoms with van der Waals surface area (Å²) in [6.45, 7) is 2.55. The van der Waals surface area contributed by atoms with Crippen LogP contribution in [0.25, 0.3) is 0 Å². The SMILES string of the molecule is COC(=O)CC1CCCCN1C(=O)c1cc(C)nn1C. The second kappa shape index (κ2) is 6.07. The van der Waals surface area contributed by atoms with Crippen LogP contribution in [0.1, 0.15) is 41.9 Å². The van der Waals surface area contributed by atoms with Crippen LogP contribution in [0.15, 0.2) is 6.07 Å². The molecule has 1 atom stereocenters. The number of ether oxygens (including phenoxy) is 1. The number of likely N-dealkylation sites (tertiary alicyclic amines) is 1. The molecule has 1 amide bonds. The van der Waals surface area contributed by atoms with Gasteiger partial charge in [-0.15, -0.1) is 0 Å².